The molecule has 0 bridgehead atoms. The highest BCUT2D eigenvalue weighted by molar-refractivity contribution is 7.11. The molecular weight excluding hydrogens is 190 g/mol. The number of hydrogen-bond acceptors (Lipinski definition) is 2. The molecule has 0 aromatic carbocycles. The first-order valence-electron chi connectivity index (χ1n) is 5.26. The van der Waals surface area contributed by atoms with Gasteiger partial charge in [-0.05, 0) is 35.4 Å². The first kappa shape index (κ1) is 9.94. The Morgan fingerprint density at radius 1 is 1.50 bits per heavy atom. The Hall–Kier alpha value is -0.600. The van der Waals surface area contributed by atoms with Gasteiger partial charge in [-0.3, -0.25) is 0 Å². The second kappa shape index (κ2) is 4.28. The van der Waals surface area contributed by atoms with Crippen LogP contribution in [-0.4, -0.2) is 12.6 Å². The Morgan fingerprint density at radius 3 is 3.14 bits per heavy atom. The normalized spacial score (nSPS) is 18.1. The minimum atomic E-state index is 0.580. The molecule has 0 atom stereocenters. The average molecular weight is 207 g/mol. The Labute approximate surface area is 89.8 Å². The summed E-state index contributed by atoms with van der Waals surface area (Å²) in [5.41, 5.74) is 3.09. The molecule has 1 nitrogen and oxygen atoms in total. The molecule has 0 unspecified atom stereocenters. The molecule has 76 valence electrons. The minimum Gasteiger partial charge on any atom is -0.311 e. The number of aryl methyl sites for hydroxylation is 1. The van der Waals surface area contributed by atoms with Crippen LogP contribution in [0.1, 0.15) is 30.7 Å². The summed E-state index contributed by atoms with van der Waals surface area (Å²) in [7, 11) is 0. The second-order valence-electron chi connectivity index (χ2n) is 4.07. The monoisotopic (exact) mass is 207 g/mol. The summed E-state index contributed by atoms with van der Waals surface area (Å²) in [4.78, 5) is 1.52. The van der Waals surface area contributed by atoms with Crippen LogP contribution in [0.5, 0.6) is 0 Å². The number of fused-ring (bicyclic) bond motifs is 1. The minimum absolute atomic E-state index is 0.580. The van der Waals surface area contributed by atoms with E-state index in [2.05, 4.69) is 36.7 Å². The molecule has 2 rings (SSSR count). The molecule has 1 aliphatic carbocycles. The van der Waals surface area contributed by atoms with Crippen molar-refractivity contribution in [2.45, 2.75) is 32.7 Å². The quantitative estimate of drug-likeness (QED) is 0.803. The SMILES string of the molecule is CC(C)NC/C=C1\CCc2ccsc21. The van der Waals surface area contributed by atoms with Crippen molar-refractivity contribution in [2.75, 3.05) is 6.54 Å². The molecule has 14 heavy (non-hydrogen) atoms. The number of allylic oxidation sites excluding steroid dienone is 1. The molecule has 0 saturated carbocycles. The fourth-order valence-electron chi connectivity index (χ4n) is 1.81. The summed E-state index contributed by atoms with van der Waals surface area (Å²) in [5.74, 6) is 0. The number of rotatable bonds is 3. The van der Waals surface area contributed by atoms with Crippen molar-refractivity contribution in [3.8, 4) is 0 Å². The predicted molar refractivity (Wildman–Crippen MR) is 63.8 cm³/mol. The standard InChI is InChI=1S/C12H17NS/c1-9(2)13-7-5-10-3-4-11-6-8-14-12(10)11/h5-6,8-9,13H,3-4,7H2,1-2H3/b10-5+. The van der Waals surface area contributed by atoms with Gasteiger partial charge in [0, 0.05) is 17.5 Å². The highest BCUT2D eigenvalue weighted by atomic mass is 32.1. The zero-order valence-corrected chi connectivity index (χ0v) is 9.66. The molecule has 0 aliphatic heterocycles. The average Bonchev–Trinajstić information content (AvgIpc) is 2.67. The van der Waals surface area contributed by atoms with Gasteiger partial charge in [-0.1, -0.05) is 19.9 Å². The molecule has 2 heteroatoms. The van der Waals surface area contributed by atoms with Gasteiger partial charge in [0.25, 0.3) is 0 Å². The molecule has 0 spiro atoms. The van der Waals surface area contributed by atoms with Crippen LogP contribution < -0.4 is 5.32 Å². The van der Waals surface area contributed by atoms with Crippen molar-refractivity contribution in [1.82, 2.24) is 5.32 Å². The summed E-state index contributed by atoms with van der Waals surface area (Å²) in [5, 5.41) is 5.63. The van der Waals surface area contributed by atoms with Gasteiger partial charge in [0.05, 0.1) is 0 Å². The summed E-state index contributed by atoms with van der Waals surface area (Å²) < 4.78 is 0. The van der Waals surface area contributed by atoms with Gasteiger partial charge in [0.2, 0.25) is 0 Å². The van der Waals surface area contributed by atoms with Gasteiger partial charge in [0.15, 0.2) is 0 Å². The number of thiophene rings is 1. The lowest BCUT2D eigenvalue weighted by Gasteiger charge is -2.04. The summed E-state index contributed by atoms with van der Waals surface area (Å²) in [6.45, 7) is 5.37. The second-order valence-corrected chi connectivity index (χ2v) is 4.98. The van der Waals surface area contributed by atoms with Gasteiger partial charge in [0.1, 0.15) is 0 Å². The van der Waals surface area contributed by atoms with E-state index in [1.165, 1.54) is 17.7 Å². The van der Waals surface area contributed by atoms with E-state index in [1.807, 2.05) is 11.3 Å². The van der Waals surface area contributed by atoms with Crippen molar-refractivity contribution in [1.29, 1.82) is 0 Å². The highest BCUT2D eigenvalue weighted by Gasteiger charge is 2.16. The van der Waals surface area contributed by atoms with Crippen LogP contribution in [0.3, 0.4) is 0 Å². The fourth-order valence-corrected chi connectivity index (χ4v) is 2.84. The maximum absolute atomic E-state index is 3.42. The number of hydrogen-bond donors (Lipinski definition) is 1. The Kier molecular flexibility index (Phi) is 3.04. The Bertz CT molecular complexity index is 336. The zero-order valence-electron chi connectivity index (χ0n) is 8.84. The largest absolute Gasteiger partial charge is 0.311 e. The highest BCUT2D eigenvalue weighted by Crippen LogP contribution is 2.35. The molecule has 1 N–H and O–H groups in total. The summed E-state index contributed by atoms with van der Waals surface area (Å²) in [6.07, 6.45) is 4.83. The Balaban J connectivity index is 2.00. The van der Waals surface area contributed by atoms with Crippen LogP contribution in [-0.2, 0) is 6.42 Å². The molecule has 0 fully saturated rings. The lowest BCUT2D eigenvalue weighted by atomic mass is 10.2. The lowest BCUT2D eigenvalue weighted by Crippen LogP contribution is -2.22. The fraction of sp³-hybridized carbons (Fsp3) is 0.500. The maximum atomic E-state index is 3.42. The zero-order chi connectivity index (χ0) is 9.97. The predicted octanol–water partition coefficient (Wildman–Crippen LogP) is 3.08. The van der Waals surface area contributed by atoms with E-state index in [9.17, 15) is 0 Å². The van der Waals surface area contributed by atoms with E-state index in [4.69, 9.17) is 0 Å². The lowest BCUT2D eigenvalue weighted by molar-refractivity contribution is 0.632. The molecule has 0 saturated heterocycles. The van der Waals surface area contributed by atoms with Crippen LogP contribution in [0.4, 0.5) is 0 Å². The first-order valence-corrected chi connectivity index (χ1v) is 6.14. The van der Waals surface area contributed by atoms with Crippen molar-refractivity contribution in [3.05, 3.63) is 28.0 Å². The van der Waals surface area contributed by atoms with Crippen LogP contribution in [0.2, 0.25) is 0 Å². The van der Waals surface area contributed by atoms with E-state index in [0.717, 1.165) is 6.54 Å². The van der Waals surface area contributed by atoms with Gasteiger partial charge < -0.3 is 5.32 Å². The first-order chi connectivity index (χ1) is 6.77. The van der Waals surface area contributed by atoms with E-state index in [1.54, 1.807) is 11.1 Å². The van der Waals surface area contributed by atoms with E-state index in [0.29, 0.717) is 6.04 Å². The molecule has 1 aromatic rings. The van der Waals surface area contributed by atoms with Crippen molar-refractivity contribution in [3.63, 3.8) is 0 Å². The van der Waals surface area contributed by atoms with Gasteiger partial charge in [-0.2, -0.15) is 0 Å². The van der Waals surface area contributed by atoms with Crippen molar-refractivity contribution in [2.24, 2.45) is 0 Å². The number of nitrogens with one attached hydrogen (secondary N) is 1. The van der Waals surface area contributed by atoms with Gasteiger partial charge in [-0.15, -0.1) is 11.3 Å². The smallest absolute Gasteiger partial charge is 0.0331 e. The van der Waals surface area contributed by atoms with E-state index in [-0.39, 0.29) is 0 Å². The van der Waals surface area contributed by atoms with Crippen LogP contribution in [0.15, 0.2) is 17.5 Å². The molecular formula is C12H17NS. The molecule has 0 amide bonds. The van der Waals surface area contributed by atoms with Gasteiger partial charge >= 0.3 is 0 Å². The van der Waals surface area contributed by atoms with Crippen LogP contribution in [0, 0.1) is 0 Å². The van der Waals surface area contributed by atoms with E-state index < -0.39 is 0 Å². The third-order valence-electron chi connectivity index (χ3n) is 2.58. The molecule has 1 aromatic heterocycles. The summed E-state index contributed by atoms with van der Waals surface area (Å²) >= 11 is 1.88. The Morgan fingerprint density at radius 2 is 2.36 bits per heavy atom. The van der Waals surface area contributed by atoms with Crippen molar-refractivity contribution >= 4 is 16.9 Å². The van der Waals surface area contributed by atoms with E-state index >= 15 is 0 Å². The molecule has 1 aliphatic rings. The molecule has 0 radical (unpaired) electrons. The maximum Gasteiger partial charge on any atom is 0.0331 e. The van der Waals surface area contributed by atoms with Crippen LogP contribution in [0.25, 0.3) is 5.57 Å². The third-order valence-corrected chi connectivity index (χ3v) is 3.61. The topological polar surface area (TPSA) is 12.0 Å². The van der Waals surface area contributed by atoms with Gasteiger partial charge in [-0.25, -0.2) is 0 Å². The van der Waals surface area contributed by atoms with Crippen LogP contribution >= 0.6 is 11.3 Å². The third kappa shape index (κ3) is 2.07. The van der Waals surface area contributed by atoms with Crippen molar-refractivity contribution < 1.29 is 0 Å². The summed E-state index contributed by atoms with van der Waals surface area (Å²) in [6, 6.07) is 2.84. The molecule has 1 heterocycles.